The average molecular weight is 2190 g/mol. The Hall–Kier alpha value is -14.3. The normalized spacial score (nSPS) is 15.8. The third-order valence-electron chi connectivity index (χ3n) is 25.1. The predicted octanol–water partition coefficient (Wildman–Crippen LogP) is 15.4. The van der Waals surface area contributed by atoms with Gasteiger partial charge in [0, 0.05) is 163 Å². The number of ether oxygens (including phenoxy) is 2. The van der Waals surface area contributed by atoms with E-state index >= 15 is 8.78 Å². The number of anilines is 3. The summed E-state index contributed by atoms with van der Waals surface area (Å²) >= 11 is 17.8. The summed E-state index contributed by atoms with van der Waals surface area (Å²) in [5.74, 6) is -6.61. The molecule has 2 amide bonds. The molecule has 0 spiro atoms. The van der Waals surface area contributed by atoms with Gasteiger partial charge in [0.1, 0.15) is 42.3 Å². The molecule has 148 heavy (non-hydrogen) atoms. The highest BCUT2D eigenvalue weighted by Crippen LogP contribution is 2.42. The van der Waals surface area contributed by atoms with Crippen molar-refractivity contribution in [1.82, 2.24) is 90.4 Å². The molecule has 2 unspecified atom stereocenters. The first kappa shape index (κ1) is 112. The number of rotatable bonds is 21. The number of nitriles is 1. The van der Waals surface area contributed by atoms with Gasteiger partial charge in [-0.15, -0.1) is 39.3 Å². The van der Waals surface area contributed by atoms with Gasteiger partial charge >= 0.3 is 23.9 Å². The van der Waals surface area contributed by atoms with Gasteiger partial charge in [-0.25, -0.2) is 32.3 Å². The van der Waals surface area contributed by atoms with Gasteiger partial charge in [-0.3, -0.25) is 19.2 Å². The Labute approximate surface area is 887 Å². The summed E-state index contributed by atoms with van der Waals surface area (Å²) in [5.41, 5.74) is 12.9. The second-order valence-electron chi connectivity index (χ2n) is 37.4. The van der Waals surface area contributed by atoms with Gasteiger partial charge in [0.2, 0.25) is 11.8 Å². The summed E-state index contributed by atoms with van der Waals surface area (Å²) in [5, 5.41) is 62.1. The van der Waals surface area contributed by atoms with Crippen LogP contribution in [-0.4, -0.2) is 273 Å². The number of esters is 2. The summed E-state index contributed by atoms with van der Waals surface area (Å²) in [7, 11) is 6.40. The van der Waals surface area contributed by atoms with E-state index in [-0.39, 0.29) is 118 Å². The lowest BCUT2D eigenvalue weighted by Crippen LogP contribution is -2.46. The molecule has 3 aromatic heterocycles. The molecule has 34 nitrogen and oxygen atoms in total. The summed E-state index contributed by atoms with van der Waals surface area (Å²) in [6.07, 6.45) is 13.2. The van der Waals surface area contributed by atoms with E-state index in [9.17, 15) is 47.9 Å². The summed E-state index contributed by atoms with van der Waals surface area (Å²) in [4.78, 5) is 120. The van der Waals surface area contributed by atoms with Crippen molar-refractivity contribution >= 4 is 141 Å². The van der Waals surface area contributed by atoms with Gasteiger partial charge in [0.05, 0.1) is 60.5 Å². The number of ketones is 2. The fraction of sp³-hybridized carbons (Fsp3) is 0.327. The number of aromatic carboxylic acids is 1. The number of carbonyl (C=O) groups is 8. The van der Waals surface area contributed by atoms with Gasteiger partial charge in [0.25, 0.3) is 0 Å². The molecule has 3 saturated heterocycles. The number of carboxylic acids is 2. The summed E-state index contributed by atoms with van der Waals surface area (Å²) in [6, 6.07) is 46.7. The number of nitrogens with one attached hydrogen (secondary N) is 1. The number of aliphatic carboxylic acids is 1. The highest BCUT2D eigenvalue weighted by atomic mass is 127. The quantitative estimate of drug-likeness (QED) is 0.0342. The van der Waals surface area contributed by atoms with Crippen LogP contribution in [0.15, 0.2) is 201 Å². The van der Waals surface area contributed by atoms with Crippen LogP contribution in [0.25, 0.3) is 35.3 Å². The molecule has 0 saturated carbocycles. The molecule has 3 fully saturated rings. The number of halogens is 7. The second-order valence-corrected chi connectivity index (χ2v) is 38.7. The van der Waals surface area contributed by atoms with Crippen molar-refractivity contribution in [2.24, 2.45) is 0 Å². The first-order chi connectivity index (χ1) is 70.0. The van der Waals surface area contributed by atoms with Crippen LogP contribution < -0.4 is 20.0 Å². The van der Waals surface area contributed by atoms with E-state index in [0.717, 1.165) is 111 Å². The SMILES string of the molecule is C.CC(C)(C)OC(=O)c1ccc(C#N)cc1.CN1CCN(c2cccc3c2CCN(C(=O)/C=C/c2c(-n4cnnn4)ccc(Cl)c2F)C3C(=O)Cc2ccc(C(=O)O)cc2)CC1.CN1CCN(c2cccc3c2CCN(C(=O)/C=C/c2c(-n4cnnn4)ccc(Cl)c2F)C3C(=O)Cc2ccc(C(=O)OC(C)(C)C)cc2)CC1.CN1CCN(c2cccc3c2CCNC3)CC1.I.O=C(O)/C=C/c1c(-n2cnnn2)ccc(Cl)c1F. The van der Waals surface area contributed by atoms with E-state index in [0.29, 0.717) is 52.0 Å². The fourth-order valence-electron chi connectivity index (χ4n) is 17.7. The Morgan fingerprint density at radius 3 is 1.12 bits per heavy atom. The minimum atomic E-state index is -1.20. The van der Waals surface area contributed by atoms with Gasteiger partial charge in [-0.1, -0.05) is 103 Å². The molecule has 6 aliphatic heterocycles. The van der Waals surface area contributed by atoms with Gasteiger partial charge in [-0.05, 0) is 286 Å². The summed E-state index contributed by atoms with van der Waals surface area (Å²) < 4.78 is 58.8. The Kier molecular flexibility index (Phi) is 39.0. The van der Waals surface area contributed by atoms with E-state index in [1.165, 1.54) is 142 Å². The van der Waals surface area contributed by atoms with Crippen molar-refractivity contribution in [2.75, 3.05) is 134 Å². The number of fused-ring (bicyclic) bond motifs is 3. The first-order valence-corrected chi connectivity index (χ1v) is 48.4. The standard InChI is InChI=1S/C37H39ClFN7O4.C33H31ClFN7O4.C14H21N3.C12H13NO2.C10H6ClFN4O2.CH4.HI/c1-37(2,3)50-36(49)25-10-8-24(9-11-25)22-32(47)35-27-6-5-7-30(44-20-18-43(4)19-21-44)26(27)16-17-45(35)33(48)15-12-28-31(46-23-40-41-42-46)14-13-29(38)34(28)39;1-39-15-17-40(18-16-39)27-4-2-3-24-23(27)13-14-41(32(24)29(43)19-21-5-7-22(8-6-21)33(45)46)30(44)12-9-25-28(42-20-36-37-38-42)11-10-26(34)31(25)35;1-16-7-9-17(10-8-16)14-4-2-3-12-11-15-6-5-13(12)14;1-12(2,3)15-11(14)10-6-4-9(8-13)5-7-10;11-7-2-3-8(16-5-13-14-15-16)6(10(7)12)1-4-9(17)18;;/h5-15,23,35H,16-22H2,1-4H3;2-12,20,32H,13-19H2,1H3,(H,45,46);2-4,15H,5-11H2,1H3;4-7H,1-3H3;1-5H,(H,17,18);1H4;1H/b15-12+;12-9+;;;4-1+;;. The van der Waals surface area contributed by atoms with Crippen molar-refractivity contribution < 1.29 is 71.2 Å². The zero-order valence-electron chi connectivity index (χ0n) is 82.3. The maximum atomic E-state index is 15.3. The average Bonchev–Trinajstić information content (AvgIpc) is 0.774. The number of aromatic nitrogens is 12. The monoisotopic (exact) mass is 2190 g/mol. The fourth-order valence-corrected chi connectivity index (χ4v) is 18.2. The molecule has 0 aliphatic carbocycles. The Morgan fingerprint density at radius 2 is 0.784 bits per heavy atom. The maximum absolute atomic E-state index is 15.3. The van der Waals surface area contributed by atoms with Crippen LogP contribution in [0.4, 0.5) is 30.2 Å². The van der Waals surface area contributed by atoms with Crippen LogP contribution >= 0.6 is 58.8 Å². The molecule has 18 rings (SSSR count). The van der Waals surface area contributed by atoms with Crippen LogP contribution in [0.1, 0.15) is 159 Å². The molecular formula is C107H115Cl3F3IN22O12. The predicted molar refractivity (Wildman–Crippen MR) is 568 cm³/mol. The number of amides is 2. The Balaban J connectivity index is 0.000000179. The number of tetrazole rings is 3. The number of likely N-dealkylation sites (N-methyl/N-ethyl adjacent to an activating group) is 3. The molecule has 6 aliphatic rings. The number of carboxylic acid groups (broad SMARTS) is 2. The molecular weight excluding hydrogens is 2080 g/mol. The van der Waals surface area contributed by atoms with Crippen molar-refractivity contribution in [3.8, 4) is 23.1 Å². The molecule has 9 heterocycles. The largest absolute Gasteiger partial charge is 0.478 e. The maximum Gasteiger partial charge on any atom is 0.338 e. The third kappa shape index (κ3) is 28.8. The lowest BCUT2D eigenvalue weighted by molar-refractivity contribution is -0.136. The zero-order chi connectivity index (χ0) is 104. The van der Waals surface area contributed by atoms with E-state index in [1.54, 1.807) is 104 Å². The number of hydrogen-bond donors (Lipinski definition) is 3. The second kappa shape index (κ2) is 51.4. The van der Waals surface area contributed by atoms with E-state index in [4.69, 9.17) is 54.6 Å². The molecule has 2 atom stereocenters. The van der Waals surface area contributed by atoms with Crippen LogP contribution in [0, 0.1) is 28.8 Å². The minimum absolute atomic E-state index is 0. The number of carbonyl (C=O) groups excluding carboxylic acids is 6. The van der Waals surface area contributed by atoms with E-state index < -0.39 is 70.5 Å². The smallest absolute Gasteiger partial charge is 0.338 e. The number of hydrogen-bond acceptors (Lipinski definition) is 27. The van der Waals surface area contributed by atoms with E-state index in [2.05, 4.69) is 133 Å². The highest BCUT2D eigenvalue weighted by Gasteiger charge is 2.40. The van der Waals surface area contributed by atoms with Crippen molar-refractivity contribution in [3.63, 3.8) is 0 Å². The molecule has 41 heteroatoms. The first-order valence-electron chi connectivity index (χ1n) is 47.3. The number of benzene rings is 9. The third-order valence-corrected chi connectivity index (χ3v) is 26.0. The van der Waals surface area contributed by atoms with E-state index in [1.807, 2.05) is 51.1 Å². The molecule has 0 radical (unpaired) electrons. The van der Waals surface area contributed by atoms with Crippen molar-refractivity contribution in [1.29, 1.82) is 5.26 Å². The lowest BCUT2D eigenvalue weighted by atomic mass is 9.86. The summed E-state index contributed by atoms with van der Waals surface area (Å²) in [6.45, 7) is 25.4. The van der Waals surface area contributed by atoms with Gasteiger partial charge in [0.15, 0.2) is 29.0 Å². The van der Waals surface area contributed by atoms with Crippen LogP contribution in [0.3, 0.4) is 0 Å². The Bertz CT molecular complexity index is 6850. The molecule has 3 N–H and O–H groups in total. The number of piperazine rings is 3. The van der Waals surface area contributed by atoms with Crippen molar-refractivity contribution in [2.45, 2.75) is 111 Å². The zero-order valence-corrected chi connectivity index (χ0v) is 86.9. The van der Waals surface area contributed by atoms with Gasteiger partial charge in [-0.2, -0.15) is 19.3 Å². The Morgan fingerprint density at radius 1 is 0.439 bits per heavy atom. The van der Waals surface area contributed by atoms with Crippen LogP contribution in [0.2, 0.25) is 15.1 Å². The van der Waals surface area contributed by atoms with Crippen LogP contribution in [0.5, 0.6) is 0 Å². The topological polar surface area (TPSA) is 388 Å². The van der Waals surface area contributed by atoms with Gasteiger partial charge < -0.3 is 64.2 Å². The molecule has 774 valence electrons. The molecule has 0 bridgehead atoms. The highest BCUT2D eigenvalue weighted by molar-refractivity contribution is 14.0. The van der Waals surface area contributed by atoms with Crippen molar-refractivity contribution in [3.05, 3.63) is 317 Å². The lowest BCUT2D eigenvalue weighted by Gasteiger charge is -2.40. The van der Waals surface area contributed by atoms with Crippen LogP contribution in [-0.2, 0) is 72.1 Å². The molecule has 12 aromatic rings. The minimum Gasteiger partial charge on any atom is -0.478 e. The number of Topliss-reactive ketones (excluding diaryl/α,β-unsaturated/α-hetero) is 2. The number of nitrogens with zero attached hydrogens (tertiary/aromatic N) is 21. The molecule has 9 aromatic carbocycles.